The summed E-state index contributed by atoms with van der Waals surface area (Å²) < 4.78 is 31.3. The van der Waals surface area contributed by atoms with Crippen LogP contribution in [0.5, 0.6) is 0 Å². The minimum Gasteiger partial charge on any atom is -0.461 e. The van der Waals surface area contributed by atoms with Crippen molar-refractivity contribution in [3.8, 4) is 0 Å². The smallest absolute Gasteiger partial charge is 0.341 e. The highest BCUT2D eigenvalue weighted by atomic mass is 19.1. The van der Waals surface area contributed by atoms with Gasteiger partial charge in [0.25, 0.3) is 0 Å². The lowest BCUT2D eigenvalue weighted by Gasteiger charge is -2.17. The van der Waals surface area contributed by atoms with Crippen LogP contribution in [0.3, 0.4) is 0 Å². The molecule has 0 saturated heterocycles. The van der Waals surface area contributed by atoms with Crippen LogP contribution >= 0.6 is 0 Å². The predicted octanol–water partition coefficient (Wildman–Crippen LogP) is 2.05. The second kappa shape index (κ2) is 7.04. The summed E-state index contributed by atoms with van der Waals surface area (Å²) in [5, 5.41) is 0. The number of nitrogens with zero attached hydrogens (tertiary/aromatic N) is 1. The molecule has 4 nitrogen and oxygen atoms in total. The number of carbonyl (C=O) groups is 1. The summed E-state index contributed by atoms with van der Waals surface area (Å²) in [6, 6.07) is 1.53. The Bertz CT molecular complexity index is 449. The molecule has 0 amide bonds. The van der Waals surface area contributed by atoms with Crippen molar-refractivity contribution in [3.63, 3.8) is 0 Å². The van der Waals surface area contributed by atoms with Gasteiger partial charge in [-0.25, -0.2) is 13.6 Å². The summed E-state index contributed by atoms with van der Waals surface area (Å²) in [5.74, 6) is -2.70. The molecule has 19 heavy (non-hydrogen) atoms. The molecule has 1 rings (SSSR count). The molecule has 0 bridgehead atoms. The molecule has 0 radical (unpaired) electrons. The second-order valence-corrected chi connectivity index (χ2v) is 4.02. The van der Waals surface area contributed by atoms with Gasteiger partial charge in [-0.05, 0) is 19.2 Å². The van der Waals surface area contributed by atoms with Gasteiger partial charge < -0.3 is 15.4 Å². The van der Waals surface area contributed by atoms with Gasteiger partial charge in [0.1, 0.15) is 18.2 Å². The van der Waals surface area contributed by atoms with Crippen LogP contribution in [0.25, 0.3) is 0 Å². The highest BCUT2D eigenvalue weighted by Crippen LogP contribution is 2.17. The number of anilines is 1. The average molecular weight is 272 g/mol. The Hall–Kier alpha value is -1.69. The van der Waals surface area contributed by atoms with E-state index in [4.69, 9.17) is 10.5 Å². The highest BCUT2D eigenvalue weighted by Gasteiger charge is 2.16. The number of hydrogen-bond acceptors (Lipinski definition) is 4. The maximum atomic E-state index is 13.4. The van der Waals surface area contributed by atoms with Gasteiger partial charge in [0, 0.05) is 12.6 Å². The zero-order valence-corrected chi connectivity index (χ0v) is 11.1. The summed E-state index contributed by atoms with van der Waals surface area (Å²) in [4.78, 5) is 13.7. The second-order valence-electron chi connectivity index (χ2n) is 4.02. The fraction of sp³-hybridized carbons (Fsp3) is 0.462. The third kappa shape index (κ3) is 4.17. The number of likely N-dealkylation sites (N-methyl/N-ethyl adjacent to an activating group) is 1. The Morgan fingerprint density at radius 2 is 1.89 bits per heavy atom. The molecular weight excluding hydrogens is 254 g/mol. The van der Waals surface area contributed by atoms with Gasteiger partial charge in [-0.15, -0.1) is 0 Å². The monoisotopic (exact) mass is 272 g/mol. The lowest BCUT2D eigenvalue weighted by molar-refractivity contribution is 0.0461. The van der Waals surface area contributed by atoms with E-state index < -0.39 is 17.6 Å². The van der Waals surface area contributed by atoms with Crippen LogP contribution in [0.15, 0.2) is 12.1 Å². The summed E-state index contributed by atoms with van der Waals surface area (Å²) in [6.45, 7) is 6.38. The molecule has 0 aliphatic rings. The molecule has 2 N–H and O–H groups in total. The topological polar surface area (TPSA) is 55.6 Å². The number of ether oxygens (including phenoxy) is 1. The quantitative estimate of drug-likeness (QED) is 0.636. The van der Waals surface area contributed by atoms with E-state index in [1.165, 1.54) is 0 Å². The SMILES string of the molecule is CCN(CC)CCOC(=O)c1cc(N)c(F)cc1F. The van der Waals surface area contributed by atoms with Crippen LogP contribution in [0, 0.1) is 11.6 Å². The third-order valence-corrected chi connectivity index (χ3v) is 2.84. The van der Waals surface area contributed by atoms with Crippen LogP contribution in [-0.2, 0) is 4.74 Å². The molecular formula is C13H18F2N2O2. The maximum Gasteiger partial charge on any atom is 0.341 e. The van der Waals surface area contributed by atoms with Gasteiger partial charge in [0.05, 0.1) is 11.3 Å². The molecule has 6 heteroatoms. The van der Waals surface area contributed by atoms with Crippen LogP contribution in [0.4, 0.5) is 14.5 Å². The van der Waals surface area contributed by atoms with E-state index in [0.29, 0.717) is 12.6 Å². The van der Waals surface area contributed by atoms with Crippen LogP contribution in [0.1, 0.15) is 24.2 Å². The number of esters is 1. The normalized spacial score (nSPS) is 10.8. The van der Waals surface area contributed by atoms with E-state index in [0.717, 1.165) is 19.2 Å². The molecule has 0 aromatic heterocycles. The Morgan fingerprint density at radius 3 is 2.47 bits per heavy atom. The van der Waals surface area contributed by atoms with Crippen LogP contribution < -0.4 is 5.73 Å². The molecule has 1 aromatic carbocycles. The largest absolute Gasteiger partial charge is 0.461 e. The standard InChI is InChI=1S/C13H18F2N2O2/c1-3-17(4-2)5-6-19-13(18)9-7-12(16)11(15)8-10(9)14/h7-8H,3-6,16H2,1-2H3. The third-order valence-electron chi connectivity index (χ3n) is 2.84. The molecule has 0 spiro atoms. The van der Waals surface area contributed by atoms with E-state index in [-0.39, 0.29) is 17.9 Å². The van der Waals surface area contributed by atoms with E-state index in [9.17, 15) is 13.6 Å². The molecule has 0 aliphatic carbocycles. The first kappa shape index (κ1) is 15.4. The lowest BCUT2D eigenvalue weighted by atomic mass is 10.2. The zero-order chi connectivity index (χ0) is 14.4. The molecule has 0 heterocycles. The van der Waals surface area contributed by atoms with Gasteiger partial charge in [0.15, 0.2) is 0 Å². The molecule has 0 saturated carbocycles. The first-order valence-electron chi connectivity index (χ1n) is 6.13. The van der Waals surface area contributed by atoms with E-state index in [1.54, 1.807) is 0 Å². The van der Waals surface area contributed by atoms with Crippen molar-refractivity contribution < 1.29 is 18.3 Å². The highest BCUT2D eigenvalue weighted by molar-refractivity contribution is 5.90. The summed E-state index contributed by atoms with van der Waals surface area (Å²) in [7, 11) is 0. The van der Waals surface area contributed by atoms with Crippen LogP contribution in [-0.4, -0.2) is 37.1 Å². The molecule has 1 aromatic rings. The van der Waals surface area contributed by atoms with Crippen molar-refractivity contribution in [2.45, 2.75) is 13.8 Å². The maximum absolute atomic E-state index is 13.4. The first-order valence-corrected chi connectivity index (χ1v) is 6.13. The van der Waals surface area contributed by atoms with Crippen molar-refractivity contribution in [2.75, 3.05) is 32.0 Å². The molecule has 0 fully saturated rings. The van der Waals surface area contributed by atoms with Crippen molar-refractivity contribution in [3.05, 3.63) is 29.3 Å². The van der Waals surface area contributed by atoms with Crippen molar-refractivity contribution in [1.82, 2.24) is 4.90 Å². The van der Waals surface area contributed by atoms with Crippen molar-refractivity contribution in [2.24, 2.45) is 0 Å². The number of nitrogen functional groups attached to an aromatic ring is 1. The molecule has 106 valence electrons. The number of hydrogen-bond donors (Lipinski definition) is 1. The summed E-state index contributed by atoms with van der Waals surface area (Å²) in [5.41, 5.74) is 4.66. The molecule has 0 unspecified atom stereocenters. The predicted molar refractivity (Wildman–Crippen MR) is 68.8 cm³/mol. The number of halogens is 2. The van der Waals surface area contributed by atoms with Crippen molar-refractivity contribution >= 4 is 11.7 Å². The fourth-order valence-corrected chi connectivity index (χ4v) is 1.61. The average Bonchev–Trinajstić information content (AvgIpc) is 2.38. The summed E-state index contributed by atoms with van der Waals surface area (Å²) >= 11 is 0. The van der Waals surface area contributed by atoms with E-state index in [1.807, 2.05) is 13.8 Å². The minimum atomic E-state index is -0.973. The van der Waals surface area contributed by atoms with Gasteiger partial charge in [-0.3, -0.25) is 0 Å². The Labute approximate surface area is 111 Å². The molecule has 0 atom stereocenters. The van der Waals surface area contributed by atoms with Crippen molar-refractivity contribution in [1.29, 1.82) is 0 Å². The Kier molecular flexibility index (Phi) is 5.69. The molecule has 0 aliphatic heterocycles. The van der Waals surface area contributed by atoms with Crippen LogP contribution in [0.2, 0.25) is 0 Å². The number of nitrogens with two attached hydrogens (primary N) is 1. The van der Waals surface area contributed by atoms with E-state index >= 15 is 0 Å². The van der Waals surface area contributed by atoms with E-state index in [2.05, 4.69) is 4.90 Å². The minimum absolute atomic E-state index is 0.150. The Morgan fingerprint density at radius 1 is 1.26 bits per heavy atom. The van der Waals surface area contributed by atoms with Gasteiger partial charge in [-0.2, -0.15) is 0 Å². The van der Waals surface area contributed by atoms with Gasteiger partial charge in [0.2, 0.25) is 0 Å². The number of benzene rings is 1. The fourth-order valence-electron chi connectivity index (χ4n) is 1.61. The number of rotatable bonds is 6. The zero-order valence-electron chi connectivity index (χ0n) is 11.1. The number of carbonyl (C=O) groups excluding carboxylic acids is 1. The van der Waals surface area contributed by atoms with Gasteiger partial charge >= 0.3 is 5.97 Å². The van der Waals surface area contributed by atoms with Gasteiger partial charge in [-0.1, -0.05) is 13.8 Å². The summed E-state index contributed by atoms with van der Waals surface area (Å²) in [6.07, 6.45) is 0. The lowest BCUT2D eigenvalue weighted by Crippen LogP contribution is -2.28. The first-order chi connectivity index (χ1) is 8.99. The Balaban J connectivity index is 2.61.